The molecule has 1 saturated heterocycles. The van der Waals surface area contributed by atoms with Crippen molar-refractivity contribution in [1.82, 2.24) is 9.78 Å². The van der Waals surface area contributed by atoms with Crippen molar-refractivity contribution in [2.75, 3.05) is 11.5 Å². The molecule has 0 aliphatic carbocycles. The van der Waals surface area contributed by atoms with E-state index in [0.29, 0.717) is 17.7 Å². The van der Waals surface area contributed by atoms with E-state index in [1.807, 2.05) is 6.92 Å². The first-order valence-corrected chi connectivity index (χ1v) is 7.41. The summed E-state index contributed by atoms with van der Waals surface area (Å²) in [6, 6.07) is -0.119. The molecule has 5 nitrogen and oxygen atoms in total. The number of carbonyl (C=O) groups excluding carboxylic acids is 1. The number of nitrogens with zero attached hydrogens (tertiary/aromatic N) is 2. The van der Waals surface area contributed by atoms with Gasteiger partial charge in [0.15, 0.2) is 15.6 Å². The number of hydrogen-bond acceptors (Lipinski definition) is 4. The summed E-state index contributed by atoms with van der Waals surface area (Å²) in [6.07, 6.45) is 0.585. The van der Waals surface area contributed by atoms with Crippen LogP contribution in [-0.4, -0.2) is 35.5 Å². The fourth-order valence-corrected chi connectivity index (χ4v) is 4.19. The summed E-state index contributed by atoms with van der Waals surface area (Å²) >= 11 is 0. The van der Waals surface area contributed by atoms with Crippen LogP contribution in [0.4, 0.5) is 0 Å². The first-order chi connectivity index (χ1) is 7.82. The molecule has 17 heavy (non-hydrogen) atoms. The summed E-state index contributed by atoms with van der Waals surface area (Å²) in [7, 11) is -2.93. The Kier molecular flexibility index (Phi) is 2.85. The highest BCUT2D eigenvalue weighted by Crippen LogP contribution is 2.26. The maximum Gasteiger partial charge on any atom is 0.163 e. The SMILES string of the molecule is CC(=O)c1c(C)nn(C2CCS(=O)(=O)C2)c1C. The van der Waals surface area contributed by atoms with E-state index in [-0.39, 0.29) is 23.3 Å². The quantitative estimate of drug-likeness (QED) is 0.742. The van der Waals surface area contributed by atoms with Crippen LogP contribution in [-0.2, 0) is 9.84 Å². The third-order valence-corrected chi connectivity index (χ3v) is 4.98. The molecule has 1 fully saturated rings. The van der Waals surface area contributed by atoms with E-state index in [1.165, 1.54) is 6.92 Å². The Morgan fingerprint density at radius 1 is 1.41 bits per heavy atom. The highest BCUT2D eigenvalue weighted by atomic mass is 32.2. The van der Waals surface area contributed by atoms with E-state index >= 15 is 0 Å². The first kappa shape index (κ1) is 12.3. The fraction of sp³-hybridized carbons (Fsp3) is 0.636. The maximum atomic E-state index is 11.5. The number of aryl methyl sites for hydroxylation is 1. The molecule has 0 saturated carbocycles. The monoisotopic (exact) mass is 256 g/mol. The number of aromatic nitrogens is 2. The molecule has 1 aromatic heterocycles. The van der Waals surface area contributed by atoms with Gasteiger partial charge in [-0.25, -0.2) is 8.42 Å². The van der Waals surface area contributed by atoms with Crippen molar-refractivity contribution in [1.29, 1.82) is 0 Å². The summed E-state index contributed by atoms with van der Waals surface area (Å²) in [5.41, 5.74) is 2.07. The number of carbonyl (C=O) groups is 1. The lowest BCUT2D eigenvalue weighted by Crippen LogP contribution is -2.14. The molecule has 0 bridgehead atoms. The minimum absolute atomic E-state index is 0.0212. The number of hydrogen-bond donors (Lipinski definition) is 0. The van der Waals surface area contributed by atoms with Crippen LogP contribution < -0.4 is 0 Å². The van der Waals surface area contributed by atoms with Gasteiger partial charge in [-0.3, -0.25) is 9.48 Å². The summed E-state index contributed by atoms with van der Waals surface area (Å²) in [5, 5.41) is 4.31. The van der Waals surface area contributed by atoms with Gasteiger partial charge in [-0.05, 0) is 27.2 Å². The van der Waals surface area contributed by atoms with Crippen molar-refractivity contribution in [3.63, 3.8) is 0 Å². The van der Waals surface area contributed by atoms with Crippen molar-refractivity contribution in [3.05, 3.63) is 17.0 Å². The van der Waals surface area contributed by atoms with Crippen LogP contribution in [0.15, 0.2) is 0 Å². The van der Waals surface area contributed by atoms with Crippen molar-refractivity contribution < 1.29 is 13.2 Å². The number of Topliss-reactive ketones (excluding diaryl/α,β-unsaturated/α-hetero) is 1. The zero-order valence-corrected chi connectivity index (χ0v) is 11.0. The molecule has 0 aromatic carbocycles. The average molecular weight is 256 g/mol. The molecule has 6 heteroatoms. The molecular weight excluding hydrogens is 240 g/mol. The van der Waals surface area contributed by atoms with E-state index in [1.54, 1.807) is 11.6 Å². The molecule has 1 aromatic rings. The Hall–Kier alpha value is -1.17. The molecule has 0 amide bonds. The van der Waals surface area contributed by atoms with Gasteiger partial charge in [-0.1, -0.05) is 0 Å². The number of rotatable bonds is 2. The summed E-state index contributed by atoms with van der Waals surface area (Å²) in [6.45, 7) is 5.11. The standard InChI is InChI=1S/C11H16N2O3S/c1-7-11(9(3)14)8(2)13(12-7)10-4-5-17(15,16)6-10/h10H,4-6H2,1-3H3. The van der Waals surface area contributed by atoms with Gasteiger partial charge >= 0.3 is 0 Å². The molecule has 0 spiro atoms. The zero-order valence-electron chi connectivity index (χ0n) is 10.2. The van der Waals surface area contributed by atoms with E-state index in [2.05, 4.69) is 5.10 Å². The van der Waals surface area contributed by atoms with E-state index < -0.39 is 9.84 Å². The van der Waals surface area contributed by atoms with Crippen LogP contribution in [0, 0.1) is 13.8 Å². The maximum absolute atomic E-state index is 11.5. The molecule has 1 atom stereocenters. The predicted octanol–water partition coefficient (Wildman–Crippen LogP) is 1.06. The van der Waals surface area contributed by atoms with Gasteiger partial charge in [-0.15, -0.1) is 0 Å². The minimum Gasteiger partial charge on any atom is -0.294 e. The molecule has 2 heterocycles. The Morgan fingerprint density at radius 3 is 2.47 bits per heavy atom. The molecular formula is C11H16N2O3S. The molecule has 1 aliphatic heterocycles. The summed E-state index contributed by atoms with van der Waals surface area (Å²) in [5.74, 6) is 0.324. The van der Waals surface area contributed by atoms with Crippen LogP contribution in [0.25, 0.3) is 0 Å². The van der Waals surface area contributed by atoms with Crippen LogP contribution in [0.3, 0.4) is 0 Å². The predicted molar refractivity (Wildman–Crippen MR) is 64.0 cm³/mol. The smallest absolute Gasteiger partial charge is 0.163 e. The molecule has 1 aliphatic rings. The van der Waals surface area contributed by atoms with Gasteiger partial charge in [-0.2, -0.15) is 5.10 Å². The van der Waals surface area contributed by atoms with Gasteiger partial charge in [0.25, 0.3) is 0 Å². The van der Waals surface area contributed by atoms with Gasteiger partial charge in [0, 0.05) is 5.69 Å². The Labute approximate surface area is 101 Å². The van der Waals surface area contributed by atoms with Crippen molar-refractivity contribution in [2.45, 2.75) is 33.2 Å². The van der Waals surface area contributed by atoms with Gasteiger partial charge in [0.1, 0.15) is 0 Å². The molecule has 0 N–H and O–H groups in total. The van der Waals surface area contributed by atoms with Crippen LogP contribution in [0.1, 0.15) is 41.1 Å². The lowest BCUT2D eigenvalue weighted by molar-refractivity contribution is 0.101. The largest absolute Gasteiger partial charge is 0.294 e. The third-order valence-electron chi connectivity index (χ3n) is 3.23. The second kappa shape index (κ2) is 3.94. The lowest BCUT2D eigenvalue weighted by atomic mass is 10.1. The van der Waals surface area contributed by atoms with E-state index in [4.69, 9.17) is 0 Å². The Morgan fingerprint density at radius 2 is 2.06 bits per heavy atom. The fourth-order valence-electron chi connectivity index (χ4n) is 2.50. The number of ketones is 1. The Bertz CT molecular complexity index is 572. The molecule has 0 radical (unpaired) electrons. The lowest BCUT2D eigenvalue weighted by Gasteiger charge is -2.10. The van der Waals surface area contributed by atoms with Crippen molar-refractivity contribution in [3.8, 4) is 0 Å². The minimum atomic E-state index is -2.93. The number of sulfone groups is 1. The topological polar surface area (TPSA) is 69.0 Å². The summed E-state index contributed by atoms with van der Waals surface area (Å²) < 4.78 is 24.6. The first-order valence-electron chi connectivity index (χ1n) is 5.59. The third kappa shape index (κ3) is 2.13. The van der Waals surface area contributed by atoms with Gasteiger partial charge < -0.3 is 0 Å². The van der Waals surface area contributed by atoms with Gasteiger partial charge in [0.05, 0.1) is 28.8 Å². The molecule has 2 rings (SSSR count). The average Bonchev–Trinajstić information content (AvgIpc) is 2.67. The van der Waals surface area contributed by atoms with E-state index in [9.17, 15) is 13.2 Å². The van der Waals surface area contributed by atoms with Crippen LogP contribution in [0.2, 0.25) is 0 Å². The van der Waals surface area contributed by atoms with E-state index in [0.717, 1.165) is 5.69 Å². The van der Waals surface area contributed by atoms with Crippen molar-refractivity contribution >= 4 is 15.6 Å². The molecule has 94 valence electrons. The normalized spacial score (nSPS) is 22.9. The second-order valence-electron chi connectivity index (χ2n) is 4.60. The Balaban J connectivity index is 2.42. The van der Waals surface area contributed by atoms with Gasteiger partial charge in [0.2, 0.25) is 0 Å². The highest BCUT2D eigenvalue weighted by molar-refractivity contribution is 7.91. The molecule has 1 unspecified atom stereocenters. The van der Waals surface area contributed by atoms with Crippen molar-refractivity contribution in [2.24, 2.45) is 0 Å². The summed E-state index contributed by atoms with van der Waals surface area (Å²) in [4.78, 5) is 11.5. The highest BCUT2D eigenvalue weighted by Gasteiger charge is 2.31. The second-order valence-corrected chi connectivity index (χ2v) is 6.83. The van der Waals surface area contributed by atoms with Crippen LogP contribution in [0.5, 0.6) is 0 Å². The zero-order chi connectivity index (χ0) is 12.8. The van der Waals surface area contributed by atoms with Crippen LogP contribution >= 0.6 is 0 Å².